The first-order valence-electron chi connectivity index (χ1n) is 6.29. The zero-order chi connectivity index (χ0) is 13.1. The SMILES string of the molecule is CCNCc1ccc(COCCOCCOC)o1. The molecule has 1 aromatic rings. The highest BCUT2D eigenvalue weighted by atomic mass is 16.5. The first kappa shape index (κ1) is 15.2. The Morgan fingerprint density at radius 1 is 1.06 bits per heavy atom. The molecule has 0 radical (unpaired) electrons. The van der Waals surface area contributed by atoms with Gasteiger partial charge in [-0.1, -0.05) is 6.92 Å². The van der Waals surface area contributed by atoms with Crippen LogP contribution in [-0.4, -0.2) is 40.1 Å². The van der Waals surface area contributed by atoms with E-state index in [0.717, 1.165) is 24.6 Å². The Bertz CT molecular complexity index is 301. The molecule has 0 atom stereocenters. The van der Waals surface area contributed by atoms with Crippen molar-refractivity contribution < 1.29 is 18.6 Å². The highest BCUT2D eigenvalue weighted by Gasteiger charge is 2.01. The number of furan rings is 1. The van der Waals surface area contributed by atoms with Gasteiger partial charge in [-0.2, -0.15) is 0 Å². The minimum atomic E-state index is 0.486. The molecule has 0 bridgehead atoms. The number of nitrogens with one attached hydrogen (secondary N) is 1. The molecule has 5 nitrogen and oxygen atoms in total. The molecule has 0 spiro atoms. The van der Waals surface area contributed by atoms with Gasteiger partial charge >= 0.3 is 0 Å². The van der Waals surface area contributed by atoms with Crippen LogP contribution in [0.25, 0.3) is 0 Å². The van der Waals surface area contributed by atoms with Crippen LogP contribution in [0.3, 0.4) is 0 Å². The summed E-state index contributed by atoms with van der Waals surface area (Å²) in [5.74, 6) is 1.78. The van der Waals surface area contributed by atoms with Crippen LogP contribution in [0.2, 0.25) is 0 Å². The second kappa shape index (κ2) is 10.1. The standard InChI is InChI=1S/C13H23NO4/c1-3-14-10-12-4-5-13(18-12)11-17-9-8-16-7-6-15-2/h4-5,14H,3,6-11H2,1-2H3. The average Bonchev–Trinajstić information content (AvgIpc) is 2.83. The van der Waals surface area contributed by atoms with Gasteiger partial charge in [0.2, 0.25) is 0 Å². The van der Waals surface area contributed by atoms with Crippen molar-refractivity contribution in [2.75, 3.05) is 40.1 Å². The van der Waals surface area contributed by atoms with Crippen LogP contribution in [0.1, 0.15) is 18.4 Å². The molecule has 1 aromatic heterocycles. The van der Waals surface area contributed by atoms with Gasteiger partial charge in [-0.05, 0) is 18.7 Å². The number of methoxy groups -OCH3 is 1. The Morgan fingerprint density at radius 3 is 2.56 bits per heavy atom. The normalized spacial score (nSPS) is 11.0. The fourth-order valence-electron chi connectivity index (χ4n) is 1.38. The van der Waals surface area contributed by atoms with Crippen molar-refractivity contribution >= 4 is 0 Å². The smallest absolute Gasteiger partial charge is 0.129 e. The van der Waals surface area contributed by atoms with Gasteiger partial charge in [0.1, 0.15) is 18.1 Å². The minimum Gasteiger partial charge on any atom is -0.462 e. The summed E-state index contributed by atoms with van der Waals surface area (Å²) in [5.41, 5.74) is 0. The molecule has 0 saturated heterocycles. The van der Waals surface area contributed by atoms with E-state index in [9.17, 15) is 0 Å². The average molecular weight is 257 g/mol. The van der Waals surface area contributed by atoms with Crippen molar-refractivity contribution in [1.29, 1.82) is 0 Å². The van der Waals surface area contributed by atoms with Crippen molar-refractivity contribution in [2.45, 2.75) is 20.1 Å². The molecular formula is C13H23NO4. The van der Waals surface area contributed by atoms with Crippen molar-refractivity contribution in [3.8, 4) is 0 Å². The molecule has 18 heavy (non-hydrogen) atoms. The summed E-state index contributed by atoms with van der Waals surface area (Å²) < 4.78 is 21.2. The van der Waals surface area contributed by atoms with E-state index in [1.165, 1.54) is 0 Å². The lowest BCUT2D eigenvalue weighted by Crippen LogP contribution is -2.10. The lowest BCUT2D eigenvalue weighted by Gasteiger charge is -2.04. The molecular weight excluding hydrogens is 234 g/mol. The minimum absolute atomic E-state index is 0.486. The van der Waals surface area contributed by atoms with Crippen molar-refractivity contribution in [1.82, 2.24) is 5.32 Å². The summed E-state index contributed by atoms with van der Waals surface area (Å²) >= 11 is 0. The fraction of sp³-hybridized carbons (Fsp3) is 0.692. The molecule has 0 aliphatic rings. The molecule has 104 valence electrons. The van der Waals surface area contributed by atoms with E-state index in [-0.39, 0.29) is 0 Å². The Labute approximate surface area is 108 Å². The van der Waals surface area contributed by atoms with Crippen molar-refractivity contribution in [2.24, 2.45) is 0 Å². The summed E-state index contributed by atoms with van der Waals surface area (Å²) in [6.07, 6.45) is 0. The number of rotatable bonds is 11. The highest BCUT2D eigenvalue weighted by molar-refractivity contribution is 5.06. The lowest BCUT2D eigenvalue weighted by atomic mass is 10.4. The maximum Gasteiger partial charge on any atom is 0.129 e. The summed E-state index contributed by atoms with van der Waals surface area (Å²) in [7, 11) is 1.65. The van der Waals surface area contributed by atoms with E-state index < -0.39 is 0 Å². The first-order chi connectivity index (χ1) is 8.86. The van der Waals surface area contributed by atoms with Gasteiger partial charge in [0.15, 0.2) is 0 Å². The number of ether oxygens (including phenoxy) is 3. The topological polar surface area (TPSA) is 52.9 Å². The predicted octanol–water partition coefficient (Wildman–Crippen LogP) is 1.57. The van der Waals surface area contributed by atoms with E-state index in [4.69, 9.17) is 18.6 Å². The van der Waals surface area contributed by atoms with E-state index >= 15 is 0 Å². The van der Waals surface area contributed by atoms with Crippen LogP contribution < -0.4 is 5.32 Å². The number of hydrogen-bond acceptors (Lipinski definition) is 5. The van der Waals surface area contributed by atoms with Crippen LogP contribution in [0.15, 0.2) is 16.5 Å². The summed E-state index contributed by atoms with van der Waals surface area (Å²) in [4.78, 5) is 0. The monoisotopic (exact) mass is 257 g/mol. The summed E-state index contributed by atoms with van der Waals surface area (Å²) in [6.45, 7) is 6.61. The van der Waals surface area contributed by atoms with Crippen LogP contribution >= 0.6 is 0 Å². The van der Waals surface area contributed by atoms with Gasteiger partial charge in [0.25, 0.3) is 0 Å². The van der Waals surface area contributed by atoms with E-state index in [0.29, 0.717) is 33.0 Å². The van der Waals surface area contributed by atoms with Gasteiger partial charge in [0, 0.05) is 7.11 Å². The van der Waals surface area contributed by atoms with Crippen LogP contribution in [0, 0.1) is 0 Å². The molecule has 1 rings (SSSR count). The third-order valence-corrected chi connectivity index (χ3v) is 2.31. The van der Waals surface area contributed by atoms with E-state index in [1.54, 1.807) is 7.11 Å². The van der Waals surface area contributed by atoms with E-state index in [2.05, 4.69) is 12.2 Å². The molecule has 0 fully saturated rings. The third kappa shape index (κ3) is 6.76. The molecule has 0 saturated carbocycles. The first-order valence-corrected chi connectivity index (χ1v) is 6.29. The van der Waals surface area contributed by atoms with Gasteiger partial charge in [-0.25, -0.2) is 0 Å². The molecule has 5 heteroatoms. The Kier molecular flexibility index (Phi) is 8.50. The van der Waals surface area contributed by atoms with Gasteiger partial charge in [0.05, 0.1) is 33.0 Å². The molecule has 1 heterocycles. The Hall–Kier alpha value is -0.880. The van der Waals surface area contributed by atoms with E-state index in [1.807, 2.05) is 12.1 Å². The Morgan fingerprint density at radius 2 is 1.78 bits per heavy atom. The van der Waals surface area contributed by atoms with Crippen LogP contribution in [-0.2, 0) is 27.4 Å². The molecule has 0 aliphatic heterocycles. The second-order valence-electron chi connectivity index (χ2n) is 3.81. The van der Waals surface area contributed by atoms with Crippen LogP contribution in [0.5, 0.6) is 0 Å². The van der Waals surface area contributed by atoms with Gasteiger partial charge < -0.3 is 23.9 Å². The molecule has 0 aromatic carbocycles. The van der Waals surface area contributed by atoms with Crippen molar-refractivity contribution in [3.05, 3.63) is 23.7 Å². The highest BCUT2D eigenvalue weighted by Crippen LogP contribution is 2.08. The largest absolute Gasteiger partial charge is 0.462 e. The maximum absolute atomic E-state index is 5.58. The predicted molar refractivity (Wildman–Crippen MR) is 68.4 cm³/mol. The Balaban J connectivity index is 2.03. The number of hydrogen-bond donors (Lipinski definition) is 1. The van der Waals surface area contributed by atoms with Gasteiger partial charge in [-0.3, -0.25) is 0 Å². The zero-order valence-corrected chi connectivity index (χ0v) is 11.2. The quantitative estimate of drug-likeness (QED) is 0.610. The van der Waals surface area contributed by atoms with Crippen LogP contribution in [0.4, 0.5) is 0 Å². The maximum atomic E-state index is 5.58. The summed E-state index contributed by atoms with van der Waals surface area (Å²) in [6, 6.07) is 3.91. The zero-order valence-electron chi connectivity index (χ0n) is 11.2. The third-order valence-electron chi connectivity index (χ3n) is 2.31. The molecule has 0 amide bonds. The fourth-order valence-corrected chi connectivity index (χ4v) is 1.38. The van der Waals surface area contributed by atoms with Crippen molar-refractivity contribution in [3.63, 3.8) is 0 Å². The molecule has 1 N–H and O–H groups in total. The second-order valence-corrected chi connectivity index (χ2v) is 3.81. The summed E-state index contributed by atoms with van der Waals surface area (Å²) in [5, 5.41) is 3.21. The lowest BCUT2D eigenvalue weighted by molar-refractivity contribution is 0.0159. The molecule has 0 aliphatic carbocycles. The van der Waals surface area contributed by atoms with Gasteiger partial charge in [-0.15, -0.1) is 0 Å². The molecule has 0 unspecified atom stereocenters.